The van der Waals surface area contributed by atoms with Crippen LogP contribution in [0.5, 0.6) is 0 Å². The Morgan fingerprint density at radius 2 is 2.00 bits per heavy atom. The molecule has 2 rings (SSSR count). The van der Waals surface area contributed by atoms with Gasteiger partial charge in [0.05, 0.1) is 5.56 Å². The van der Waals surface area contributed by atoms with Crippen LogP contribution in [0.1, 0.15) is 21.6 Å². The summed E-state index contributed by atoms with van der Waals surface area (Å²) >= 11 is 1.42. The average Bonchev–Trinajstić information content (AvgIpc) is 2.28. The lowest BCUT2D eigenvalue weighted by Gasteiger charge is -2.03. The molecule has 2 aromatic heterocycles. The molecule has 4 nitrogen and oxygen atoms in total. The van der Waals surface area contributed by atoms with Crippen molar-refractivity contribution < 1.29 is 9.90 Å². The zero-order chi connectivity index (χ0) is 13.1. The Morgan fingerprint density at radius 3 is 2.56 bits per heavy atom. The minimum atomic E-state index is -0.969. The van der Waals surface area contributed by atoms with E-state index in [9.17, 15) is 4.79 Å². The van der Waals surface area contributed by atoms with Crippen LogP contribution in [-0.2, 0) is 0 Å². The maximum absolute atomic E-state index is 10.7. The summed E-state index contributed by atoms with van der Waals surface area (Å²) in [6.07, 6.45) is 1.35. The fourth-order valence-electron chi connectivity index (χ4n) is 1.53. The van der Waals surface area contributed by atoms with E-state index < -0.39 is 5.97 Å². The van der Waals surface area contributed by atoms with Crippen molar-refractivity contribution >= 4 is 17.7 Å². The summed E-state index contributed by atoms with van der Waals surface area (Å²) in [6, 6.07) is 7.21. The van der Waals surface area contributed by atoms with Crippen molar-refractivity contribution in [3.8, 4) is 0 Å². The average molecular weight is 260 g/mol. The van der Waals surface area contributed by atoms with Crippen molar-refractivity contribution in [2.75, 3.05) is 0 Å². The normalized spacial score (nSPS) is 10.3. The maximum Gasteiger partial charge on any atom is 0.337 e. The topological polar surface area (TPSA) is 63.1 Å². The number of rotatable bonds is 3. The molecule has 5 heteroatoms. The Morgan fingerprint density at radius 1 is 1.22 bits per heavy atom. The van der Waals surface area contributed by atoms with Gasteiger partial charge in [0, 0.05) is 11.9 Å². The zero-order valence-corrected chi connectivity index (χ0v) is 10.9. The van der Waals surface area contributed by atoms with Crippen molar-refractivity contribution in [3.63, 3.8) is 0 Å². The summed E-state index contributed by atoms with van der Waals surface area (Å²) in [7, 11) is 0. The van der Waals surface area contributed by atoms with Gasteiger partial charge in [-0.1, -0.05) is 11.8 Å². The van der Waals surface area contributed by atoms with Crippen LogP contribution < -0.4 is 0 Å². The van der Waals surface area contributed by atoms with Gasteiger partial charge in [-0.05, 0) is 43.7 Å². The van der Waals surface area contributed by atoms with Gasteiger partial charge < -0.3 is 5.11 Å². The lowest BCUT2D eigenvalue weighted by molar-refractivity contribution is 0.0696. The number of carboxylic acid groups (broad SMARTS) is 1. The first-order valence-corrected chi connectivity index (χ1v) is 6.19. The van der Waals surface area contributed by atoms with Gasteiger partial charge >= 0.3 is 5.97 Å². The predicted octanol–water partition coefficient (Wildman–Crippen LogP) is 2.94. The van der Waals surface area contributed by atoms with E-state index in [1.54, 1.807) is 12.1 Å². The summed E-state index contributed by atoms with van der Waals surface area (Å²) in [5.41, 5.74) is 2.29. The molecule has 0 fully saturated rings. The largest absolute Gasteiger partial charge is 0.478 e. The van der Waals surface area contributed by atoms with Crippen molar-refractivity contribution in [2.45, 2.75) is 23.9 Å². The van der Waals surface area contributed by atoms with Gasteiger partial charge in [0.15, 0.2) is 0 Å². The molecule has 0 aromatic carbocycles. The van der Waals surface area contributed by atoms with E-state index in [1.165, 1.54) is 18.0 Å². The van der Waals surface area contributed by atoms with E-state index in [1.807, 2.05) is 26.0 Å². The molecule has 0 aliphatic heterocycles. The zero-order valence-electron chi connectivity index (χ0n) is 10.0. The van der Waals surface area contributed by atoms with Gasteiger partial charge in [0.25, 0.3) is 0 Å². The van der Waals surface area contributed by atoms with Crippen LogP contribution in [0.3, 0.4) is 0 Å². The van der Waals surface area contributed by atoms with Gasteiger partial charge in [-0.3, -0.25) is 0 Å². The Bertz CT molecular complexity index is 562. The summed E-state index contributed by atoms with van der Waals surface area (Å²) in [4.78, 5) is 19.2. The molecule has 1 N–H and O–H groups in total. The van der Waals surface area contributed by atoms with Crippen LogP contribution in [-0.4, -0.2) is 21.0 Å². The smallest absolute Gasteiger partial charge is 0.337 e. The number of aromatic nitrogens is 2. The van der Waals surface area contributed by atoms with Gasteiger partial charge in [0.1, 0.15) is 10.1 Å². The summed E-state index contributed by atoms with van der Waals surface area (Å²) in [6.45, 7) is 3.96. The van der Waals surface area contributed by atoms with Crippen LogP contribution in [0.4, 0.5) is 0 Å². The Balaban J connectivity index is 2.20. The third-order valence-electron chi connectivity index (χ3n) is 2.27. The lowest BCUT2D eigenvalue weighted by Crippen LogP contribution is -1.96. The molecule has 0 amide bonds. The molecular formula is C13H12N2O2S. The van der Waals surface area contributed by atoms with E-state index in [-0.39, 0.29) is 5.56 Å². The number of carboxylic acids is 1. The summed E-state index contributed by atoms with van der Waals surface area (Å²) in [5, 5.41) is 10.4. The molecule has 0 atom stereocenters. The van der Waals surface area contributed by atoms with E-state index in [0.29, 0.717) is 0 Å². The van der Waals surface area contributed by atoms with E-state index in [4.69, 9.17) is 5.11 Å². The van der Waals surface area contributed by atoms with Gasteiger partial charge in [0.2, 0.25) is 0 Å². The molecule has 0 bridgehead atoms. The second-order valence-electron chi connectivity index (χ2n) is 3.92. The van der Waals surface area contributed by atoms with Gasteiger partial charge in [-0.15, -0.1) is 0 Å². The van der Waals surface area contributed by atoms with Crippen molar-refractivity contribution in [3.05, 3.63) is 47.3 Å². The van der Waals surface area contributed by atoms with E-state index >= 15 is 0 Å². The fourth-order valence-corrected chi connectivity index (χ4v) is 2.42. The standard InChI is InChI=1S/C13H12N2O2S/c1-8-5-9(2)15-12(6-8)18-11-4-3-10(7-14-11)13(16)17/h3-7H,1-2H3,(H,16,17). The Hall–Kier alpha value is -1.88. The first kappa shape index (κ1) is 12.6. The van der Waals surface area contributed by atoms with Crippen LogP contribution in [0.2, 0.25) is 0 Å². The highest BCUT2D eigenvalue weighted by Gasteiger charge is 2.05. The summed E-state index contributed by atoms with van der Waals surface area (Å²) in [5.74, 6) is -0.969. The number of pyridine rings is 2. The van der Waals surface area contributed by atoms with Crippen molar-refractivity contribution in [2.24, 2.45) is 0 Å². The van der Waals surface area contributed by atoms with Gasteiger partial charge in [-0.2, -0.15) is 0 Å². The van der Waals surface area contributed by atoms with Crippen LogP contribution in [0, 0.1) is 13.8 Å². The highest BCUT2D eigenvalue weighted by Crippen LogP contribution is 2.25. The second-order valence-corrected chi connectivity index (χ2v) is 4.96. The van der Waals surface area contributed by atoms with Crippen LogP contribution >= 0.6 is 11.8 Å². The van der Waals surface area contributed by atoms with Crippen molar-refractivity contribution in [1.29, 1.82) is 0 Å². The fraction of sp³-hybridized carbons (Fsp3) is 0.154. The van der Waals surface area contributed by atoms with E-state index in [0.717, 1.165) is 21.3 Å². The first-order chi connectivity index (χ1) is 8.54. The molecule has 2 aromatic rings. The highest BCUT2D eigenvalue weighted by atomic mass is 32.2. The molecule has 0 radical (unpaired) electrons. The number of carbonyl (C=O) groups is 1. The Kier molecular flexibility index (Phi) is 3.62. The molecular weight excluding hydrogens is 248 g/mol. The first-order valence-electron chi connectivity index (χ1n) is 5.37. The number of hydrogen-bond donors (Lipinski definition) is 1. The lowest BCUT2D eigenvalue weighted by atomic mass is 10.3. The quantitative estimate of drug-likeness (QED) is 0.919. The third-order valence-corrected chi connectivity index (χ3v) is 3.14. The number of aromatic carboxylic acids is 1. The predicted molar refractivity (Wildman–Crippen MR) is 69.0 cm³/mol. The number of aryl methyl sites for hydroxylation is 2. The second kappa shape index (κ2) is 5.18. The molecule has 0 saturated carbocycles. The maximum atomic E-state index is 10.7. The van der Waals surface area contributed by atoms with E-state index in [2.05, 4.69) is 9.97 Å². The third kappa shape index (κ3) is 3.07. The Labute approximate surface area is 109 Å². The SMILES string of the molecule is Cc1cc(C)nc(Sc2ccc(C(=O)O)cn2)c1. The summed E-state index contributed by atoms with van der Waals surface area (Å²) < 4.78 is 0. The molecule has 18 heavy (non-hydrogen) atoms. The highest BCUT2D eigenvalue weighted by molar-refractivity contribution is 7.99. The minimum absolute atomic E-state index is 0.188. The molecule has 0 saturated heterocycles. The van der Waals surface area contributed by atoms with Crippen LogP contribution in [0.25, 0.3) is 0 Å². The van der Waals surface area contributed by atoms with Crippen molar-refractivity contribution in [1.82, 2.24) is 9.97 Å². The molecule has 0 aliphatic carbocycles. The molecule has 2 heterocycles. The molecule has 0 spiro atoms. The molecule has 0 unspecified atom stereocenters. The minimum Gasteiger partial charge on any atom is -0.478 e. The van der Waals surface area contributed by atoms with Gasteiger partial charge in [-0.25, -0.2) is 14.8 Å². The number of hydrogen-bond acceptors (Lipinski definition) is 4. The molecule has 92 valence electrons. The van der Waals surface area contributed by atoms with Crippen LogP contribution in [0.15, 0.2) is 40.5 Å². The monoisotopic (exact) mass is 260 g/mol. The molecule has 0 aliphatic rings. The number of nitrogens with zero attached hydrogens (tertiary/aromatic N) is 2.